The summed E-state index contributed by atoms with van der Waals surface area (Å²) in [7, 11) is 0. The monoisotopic (exact) mass is 411 g/mol. The first-order valence-electron chi connectivity index (χ1n) is 10.2. The molecule has 0 fully saturated rings. The Morgan fingerprint density at radius 2 is 2.03 bits per heavy atom. The fourth-order valence-corrected chi connectivity index (χ4v) is 3.47. The predicted molar refractivity (Wildman–Crippen MR) is 116 cm³/mol. The minimum Gasteiger partial charge on any atom is -0.478 e. The van der Waals surface area contributed by atoms with Crippen LogP contribution in [0.1, 0.15) is 38.0 Å². The van der Waals surface area contributed by atoms with Crippen molar-refractivity contribution in [1.29, 1.82) is 0 Å². The third-order valence-corrected chi connectivity index (χ3v) is 5.12. The van der Waals surface area contributed by atoms with Crippen LogP contribution in [0.3, 0.4) is 0 Å². The van der Waals surface area contributed by atoms with Crippen molar-refractivity contribution in [1.82, 2.24) is 15.3 Å². The maximum Gasteiger partial charge on any atom is 0.345 e. The van der Waals surface area contributed by atoms with Gasteiger partial charge in [-0.2, -0.15) is 0 Å². The molecule has 3 rings (SSSR count). The summed E-state index contributed by atoms with van der Waals surface area (Å²) in [6, 6.07) is 9.44. The van der Waals surface area contributed by atoms with Gasteiger partial charge in [-0.1, -0.05) is 32.0 Å². The number of aliphatic carboxylic acids is 1. The van der Waals surface area contributed by atoms with E-state index in [0.717, 1.165) is 28.5 Å². The van der Waals surface area contributed by atoms with Gasteiger partial charge < -0.3 is 25.3 Å². The molecule has 0 aliphatic carbocycles. The molecule has 0 radical (unpaired) electrons. The normalized spacial score (nSPS) is 14.6. The van der Waals surface area contributed by atoms with Gasteiger partial charge in [-0.25, -0.2) is 4.79 Å². The van der Waals surface area contributed by atoms with Crippen LogP contribution in [-0.4, -0.2) is 44.8 Å². The first kappa shape index (κ1) is 21.8. The summed E-state index contributed by atoms with van der Waals surface area (Å²) in [6.07, 6.45) is 4.50. The number of hydrogen-bond donors (Lipinski definition) is 4. The van der Waals surface area contributed by atoms with E-state index in [1.165, 1.54) is 0 Å². The first-order valence-corrected chi connectivity index (χ1v) is 10.2. The summed E-state index contributed by atoms with van der Waals surface area (Å²) < 4.78 is 5.81. The molecule has 7 heteroatoms. The number of carboxylic acid groups (broad SMARTS) is 1. The number of aliphatic hydroxyl groups excluding tert-OH is 1. The molecule has 0 spiro atoms. The number of nitrogens with one attached hydrogen (secondary N) is 2. The molecule has 160 valence electrons. The van der Waals surface area contributed by atoms with Gasteiger partial charge in [-0.05, 0) is 31.0 Å². The molecule has 3 atom stereocenters. The Labute approximate surface area is 176 Å². The number of para-hydroxylation sites is 1. The Morgan fingerprint density at radius 3 is 2.70 bits per heavy atom. The minimum atomic E-state index is -0.973. The number of aromatic nitrogens is 2. The van der Waals surface area contributed by atoms with Gasteiger partial charge in [0.25, 0.3) is 0 Å². The number of H-pyrrole nitrogens is 1. The van der Waals surface area contributed by atoms with Crippen LogP contribution in [0.2, 0.25) is 0 Å². The average Bonchev–Trinajstić information content (AvgIpc) is 3.13. The van der Waals surface area contributed by atoms with Crippen molar-refractivity contribution < 1.29 is 19.7 Å². The molecule has 1 aromatic carbocycles. The highest BCUT2D eigenvalue weighted by Crippen LogP contribution is 2.29. The Balaban J connectivity index is 1.67. The number of ether oxygens (including phenoxy) is 1. The van der Waals surface area contributed by atoms with E-state index in [4.69, 9.17) is 4.74 Å². The lowest BCUT2D eigenvalue weighted by Crippen LogP contribution is -2.32. The quantitative estimate of drug-likeness (QED) is 0.408. The summed E-state index contributed by atoms with van der Waals surface area (Å²) in [5, 5.41) is 24.1. The maximum atomic E-state index is 11.5. The summed E-state index contributed by atoms with van der Waals surface area (Å²) in [5.41, 5.74) is 2.67. The van der Waals surface area contributed by atoms with E-state index in [0.29, 0.717) is 12.3 Å². The number of pyridine rings is 1. The van der Waals surface area contributed by atoms with Crippen molar-refractivity contribution in [2.75, 3.05) is 6.54 Å². The molecule has 0 aliphatic heterocycles. The van der Waals surface area contributed by atoms with Crippen LogP contribution in [0.4, 0.5) is 0 Å². The zero-order chi connectivity index (χ0) is 21.7. The molecule has 0 saturated carbocycles. The Kier molecular flexibility index (Phi) is 7.07. The lowest BCUT2D eigenvalue weighted by atomic mass is 10.0. The summed E-state index contributed by atoms with van der Waals surface area (Å²) >= 11 is 0. The van der Waals surface area contributed by atoms with Crippen molar-refractivity contribution >= 4 is 16.9 Å². The Hall–Kier alpha value is -2.90. The van der Waals surface area contributed by atoms with E-state index in [1.807, 2.05) is 44.3 Å². The number of carboxylic acids is 1. The third kappa shape index (κ3) is 5.17. The van der Waals surface area contributed by atoms with E-state index < -0.39 is 18.2 Å². The highest BCUT2D eigenvalue weighted by Gasteiger charge is 2.24. The summed E-state index contributed by atoms with van der Waals surface area (Å²) in [4.78, 5) is 18.8. The molecule has 3 aromatic rings. The Bertz CT molecular complexity index is 971. The van der Waals surface area contributed by atoms with Crippen molar-refractivity contribution in [3.05, 3.63) is 60.0 Å². The van der Waals surface area contributed by atoms with Crippen molar-refractivity contribution in [3.8, 4) is 5.75 Å². The van der Waals surface area contributed by atoms with Gasteiger partial charge in [-0.15, -0.1) is 0 Å². The molecular formula is C23H29N3O4. The second kappa shape index (κ2) is 9.73. The number of carbonyl (C=O) groups is 1. The molecule has 0 bridgehead atoms. The molecular weight excluding hydrogens is 382 g/mol. The largest absolute Gasteiger partial charge is 0.478 e. The number of aromatic amines is 1. The molecule has 7 nitrogen and oxygen atoms in total. The zero-order valence-electron chi connectivity index (χ0n) is 17.5. The fourth-order valence-electron chi connectivity index (χ4n) is 3.47. The van der Waals surface area contributed by atoms with Gasteiger partial charge in [0.15, 0.2) is 6.10 Å². The van der Waals surface area contributed by atoms with Crippen LogP contribution in [0.25, 0.3) is 10.9 Å². The minimum absolute atomic E-state index is 0.127. The zero-order valence-corrected chi connectivity index (χ0v) is 17.5. The van der Waals surface area contributed by atoms with Crippen molar-refractivity contribution in [3.63, 3.8) is 0 Å². The lowest BCUT2D eigenvalue weighted by Gasteiger charge is -2.19. The van der Waals surface area contributed by atoms with Crippen LogP contribution in [0.5, 0.6) is 5.75 Å². The predicted octanol–water partition coefficient (Wildman–Crippen LogP) is 3.31. The van der Waals surface area contributed by atoms with Crippen LogP contribution in [0.15, 0.2) is 48.9 Å². The van der Waals surface area contributed by atoms with Crippen LogP contribution in [0, 0.1) is 5.92 Å². The van der Waals surface area contributed by atoms with E-state index in [2.05, 4.69) is 22.2 Å². The van der Waals surface area contributed by atoms with Crippen LogP contribution in [-0.2, 0) is 11.2 Å². The molecule has 0 aliphatic rings. The number of fused-ring (bicyclic) bond motifs is 1. The smallest absolute Gasteiger partial charge is 0.345 e. The molecule has 4 N–H and O–H groups in total. The van der Waals surface area contributed by atoms with Crippen LogP contribution >= 0.6 is 0 Å². The molecule has 0 saturated heterocycles. The average molecular weight is 412 g/mol. The first-order chi connectivity index (χ1) is 14.4. The van der Waals surface area contributed by atoms with Crippen LogP contribution < -0.4 is 10.1 Å². The number of hydrogen-bond acceptors (Lipinski definition) is 5. The van der Waals surface area contributed by atoms with Gasteiger partial charge >= 0.3 is 5.97 Å². The lowest BCUT2D eigenvalue weighted by molar-refractivity contribution is -0.147. The highest BCUT2D eigenvalue weighted by molar-refractivity contribution is 5.88. The van der Waals surface area contributed by atoms with Crippen molar-refractivity contribution in [2.24, 2.45) is 5.92 Å². The molecule has 2 heterocycles. The second-order valence-electron chi connectivity index (χ2n) is 7.93. The third-order valence-electron chi connectivity index (χ3n) is 5.12. The van der Waals surface area contributed by atoms with Gasteiger partial charge in [0.1, 0.15) is 5.75 Å². The molecule has 0 amide bonds. The number of rotatable bonds is 10. The molecule has 0 unspecified atom stereocenters. The number of nitrogens with zero attached hydrogens (tertiary/aromatic N) is 1. The number of benzene rings is 1. The number of aliphatic hydroxyl groups is 1. The Morgan fingerprint density at radius 1 is 1.23 bits per heavy atom. The summed E-state index contributed by atoms with van der Waals surface area (Å²) in [6.45, 7) is 6.14. The highest BCUT2D eigenvalue weighted by atomic mass is 16.5. The van der Waals surface area contributed by atoms with Crippen molar-refractivity contribution in [2.45, 2.75) is 45.4 Å². The molecule has 30 heavy (non-hydrogen) atoms. The standard InChI is InChI=1S/C23H29N3O4/c1-14(2)22(23(28)29)30-20-8-4-7-18-17(12-26-21(18)20)10-15(3)25-13-19(27)16-6-5-9-24-11-16/h4-9,11-12,14-15,19,22,25-27H,10,13H2,1-3H3,(H,28,29)/t15-,19+,22-/m1/s1. The van der Waals surface area contributed by atoms with E-state index in [1.54, 1.807) is 18.5 Å². The fraction of sp³-hybridized carbons (Fsp3) is 0.391. The molecule has 2 aromatic heterocycles. The van der Waals surface area contributed by atoms with Gasteiger partial charge in [0, 0.05) is 48.0 Å². The summed E-state index contributed by atoms with van der Waals surface area (Å²) in [5.74, 6) is -0.589. The second-order valence-corrected chi connectivity index (χ2v) is 7.93. The van der Waals surface area contributed by atoms with E-state index >= 15 is 0 Å². The van der Waals surface area contributed by atoms with Gasteiger partial charge in [0.2, 0.25) is 0 Å². The van der Waals surface area contributed by atoms with E-state index in [-0.39, 0.29) is 12.0 Å². The maximum absolute atomic E-state index is 11.5. The topological polar surface area (TPSA) is 107 Å². The van der Waals surface area contributed by atoms with E-state index in [9.17, 15) is 15.0 Å². The van der Waals surface area contributed by atoms with Gasteiger partial charge in [0.05, 0.1) is 11.6 Å². The SMILES string of the molecule is CC(C)[C@@H](Oc1cccc2c(C[C@@H](C)NC[C@H](O)c3cccnc3)c[nH]c12)C(=O)O. The van der Waals surface area contributed by atoms with Gasteiger partial charge in [-0.3, -0.25) is 4.98 Å².